The van der Waals surface area contributed by atoms with Crippen molar-refractivity contribution < 1.29 is 4.79 Å². The summed E-state index contributed by atoms with van der Waals surface area (Å²) in [5, 5.41) is 0.659. The molecule has 0 saturated carbocycles. The summed E-state index contributed by atoms with van der Waals surface area (Å²) in [6, 6.07) is 9.54. The maximum atomic E-state index is 12.2. The van der Waals surface area contributed by atoms with Crippen molar-refractivity contribution in [2.24, 2.45) is 0 Å². The fourth-order valence-corrected chi connectivity index (χ4v) is 2.98. The summed E-state index contributed by atoms with van der Waals surface area (Å²) in [5.41, 5.74) is 1.95. The maximum absolute atomic E-state index is 12.2. The lowest BCUT2D eigenvalue weighted by Gasteiger charge is -2.02. The van der Waals surface area contributed by atoms with Gasteiger partial charge in [0, 0.05) is 16.3 Å². The van der Waals surface area contributed by atoms with E-state index < -0.39 is 0 Å². The lowest BCUT2D eigenvalue weighted by molar-refractivity contribution is 0.0996. The standard InChI is InChI=1S/C14H13ClOS/c1-9-7-10(2)17-14(9)13(16)8-11-5-3-4-6-12(11)15/h3-7H,8H2,1-2H3. The predicted octanol–water partition coefficient (Wildman–Crippen LogP) is 4.44. The van der Waals surface area contributed by atoms with E-state index in [2.05, 4.69) is 0 Å². The summed E-state index contributed by atoms with van der Waals surface area (Å²) in [5.74, 6) is 0.147. The lowest BCUT2D eigenvalue weighted by Crippen LogP contribution is -2.03. The zero-order valence-electron chi connectivity index (χ0n) is 9.79. The molecule has 0 atom stereocenters. The van der Waals surface area contributed by atoms with Crippen molar-refractivity contribution in [3.8, 4) is 0 Å². The van der Waals surface area contributed by atoms with Crippen LogP contribution in [0.4, 0.5) is 0 Å². The summed E-state index contributed by atoms with van der Waals surface area (Å²) in [7, 11) is 0. The predicted molar refractivity (Wildman–Crippen MR) is 73.3 cm³/mol. The molecule has 0 unspecified atom stereocenters. The average Bonchev–Trinajstić information content (AvgIpc) is 2.61. The van der Waals surface area contributed by atoms with Crippen LogP contribution >= 0.6 is 22.9 Å². The van der Waals surface area contributed by atoms with Gasteiger partial charge < -0.3 is 0 Å². The molecule has 0 aliphatic heterocycles. The zero-order valence-corrected chi connectivity index (χ0v) is 11.4. The van der Waals surface area contributed by atoms with Gasteiger partial charge in [-0.2, -0.15) is 0 Å². The normalized spacial score (nSPS) is 10.5. The van der Waals surface area contributed by atoms with Gasteiger partial charge in [0.05, 0.1) is 4.88 Å². The minimum absolute atomic E-state index is 0.147. The van der Waals surface area contributed by atoms with E-state index in [1.807, 2.05) is 44.2 Å². The highest BCUT2D eigenvalue weighted by molar-refractivity contribution is 7.14. The van der Waals surface area contributed by atoms with E-state index in [1.54, 1.807) is 11.3 Å². The lowest BCUT2D eigenvalue weighted by atomic mass is 10.1. The summed E-state index contributed by atoms with van der Waals surface area (Å²) >= 11 is 7.61. The molecule has 1 aromatic carbocycles. The van der Waals surface area contributed by atoms with Gasteiger partial charge in [0.1, 0.15) is 0 Å². The summed E-state index contributed by atoms with van der Waals surface area (Å²) in [6.07, 6.45) is 0.375. The molecular weight excluding hydrogens is 252 g/mol. The SMILES string of the molecule is Cc1cc(C)c(C(=O)Cc2ccccc2Cl)s1. The van der Waals surface area contributed by atoms with Gasteiger partial charge in [0.15, 0.2) is 5.78 Å². The molecule has 0 bridgehead atoms. The van der Waals surface area contributed by atoms with Crippen LogP contribution in [0, 0.1) is 13.8 Å². The third-order valence-corrected chi connectivity index (χ3v) is 4.17. The van der Waals surface area contributed by atoms with Crippen LogP contribution in [0.1, 0.15) is 25.7 Å². The van der Waals surface area contributed by atoms with Crippen LogP contribution in [0.5, 0.6) is 0 Å². The summed E-state index contributed by atoms with van der Waals surface area (Å²) in [6.45, 7) is 3.99. The molecule has 0 spiro atoms. The van der Waals surface area contributed by atoms with Gasteiger partial charge >= 0.3 is 0 Å². The second-order valence-electron chi connectivity index (χ2n) is 4.06. The Kier molecular flexibility index (Phi) is 3.65. The Morgan fingerprint density at radius 1 is 1.29 bits per heavy atom. The first-order chi connectivity index (χ1) is 8.08. The topological polar surface area (TPSA) is 17.1 Å². The van der Waals surface area contributed by atoms with Crippen LogP contribution in [0.3, 0.4) is 0 Å². The Labute approximate surface area is 110 Å². The van der Waals surface area contributed by atoms with Crippen LogP contribution < -0.4 is 0 Å². The van der Waals surface area contributed by atoms with Gasteiger partial charge in [-0.15, -0.1) is 11.3 Å². The molecule has 0 saturated heterocycles. The number of halogens is 1. The number of carbonyl (C=O) groups is 1. The van der Waals surface area contributed by atoms with Gasteiger partial charge in [-0.3, -0.25) is 4.79 Å². The van der Waals surface area contributed by atoms with E-state index in [0.717, 1.165) is 16.0 Å². The van der Waals surface area contributed by atoms with Gasteiger partial charge in [-0.05, 0) is 37.1 Å². The molecule has 0 amide bonds. The van der Waals surface area contributed by atoms with Crippen LogP contribution in [0.15, 0.2) is 30.3 Å². The van der Waals surface area contributed by atoms with Gasteiger partial charge in [0.2, 0.25) is 0 Å². The van der Waals surface area contributed by atoms with Gasteiger partial charge in [-0.25, -0.2) is 0 Å². The third kappa shape index (κ3) is 2.76. The zero-order chi connectivity index (χ0) is 12.4. The largest absolute Gasteiger partial charge is 0.293 e. The molecule has 0 aliphatic carbocycles. The van der Waals surface area contributed by atoms with Crippen LogP contribution in [-0.4, -0.2) is 5.78 Å². The minimum Gasteiger partial charge on any atom is -0.293 e. The Morgan fingerprint density at radius 3 is 2.59 bits per heavy atom. The van der Waals surface area contributed by atoms with Crippen molar-refractivity contribution in [3.05, 3.63) is 56.2 Å². The monoisotopic (exact) mass is 264 g/mol. The first kappa shape index (κ1) is 12.3. The molecule has 17 heavy (non-hydrogen) atoms. The fourth-order valence-electron chi connectivity index (χ4n) is 1.81. The summed E-state index contributed by atoms with van der Waals surface area (Å²) in [4.78, 5) is 14.2. The van der Waals surface area contributed by atoms with E-state index >= 15 is 0 Å². The van der Waals surface area contributed by atoms with E-state index in [9.17, 15) is 4.79 Å². The highest BCUT2D eigenvalue weighted by Crippen LogP contribution is 2.24. The molecule has 0 aliphatic rings. The molecule has 1 aromatic heterocycles. The Hall–Kier alpha value is -1.12. The molecule has 0 N–H and O–H groups in total. The first-order valence-corrected chi connectivity index (χ1v) is 6.61. The average molecular weight is 265 g/mol. The first-order valence-electron chi connectivity index (χ1n) is 5.41. The summed E-state index contributed by atoms with van der Waals surface area (Å²) < 4.78 is 0. The number of ketones is 1. The minimum atomic E-state index is 0.147. The van der Waals surface area contributed by atoms with E-state index in [4.69, 9.17) is 11.6 Å². The Balaban J connectivity index is 2.23. The second kappa shape index (κ2) is 5.03. The van der Waals surface area contributed by atoms with Crippen LogP contribution in [-0.2, 0) is 6.42 Å². The third-order valence-electron chi connectivity index (χ3n) is 2.60. The number of hydrogen-bond acceptors (Lipinski definition) is 2. The van der Waals surface area contributed by atoms with Crippen molar-refractivity contribution in [1.82, 2.24) is 0 Å². The highest BCUT2D eigenvalue weighted by atomic mass is 35.5. The number of rotatable bonds is 3. The second-order valence-corrected chi connectivity index (χ2v) is 5.72. The van der Waals surface area contributed by atoms with Crippen molar-refractivity contribution in [3.63, 3.8) is 0 Å². The molecule has 0 fully saturated rings. The van der Waals surface area contributed by atoms with E-state index in [0.29, 0.717) is 11.4 Å². The smallest absolute Gasteiger partial charge is 0.177 e. The van der Waals surface area contributed by atoms with E-state index in [1.165, 1.54) is 4.88 Å². The number of carbonyl (C=O) groups excluding carboxylic acids is 1. The molecule has 1 nitrogen and oxygen atoms in total. The highest BCUT2D eigenvalue weighted by Gasteiger charge is 2.14. The van der Waals surface area contributed by atoms with Crippen LogP contribution in [0.2, 0.25) is 5.02 Å². The van der Waals surface area contributed by atoms with Crippen molar-refractivity contribution in [1.29, 1.82) is 0 Å². The molecule has 1 heterocycles. The molecule has 88 valence electrons. The molecule has 2 aromatic rings. The molecule has 2 rings (SSSR count). The van der Waals surface area contributed by atoms with E-state index in [-0.39, 0.29) is 5.78 Å². The number of Topliss-reactive ketones (excluding diaryl/α,β-unsaturated/α-hetero) is 1. The van der Waals surface area contributed by atoms with Gasteiger partial charge in [0.25, 0.3) is 0 Å². The van der Waals surface area contributed by atoms with Crippen LogP contribution in [0.25, 0.3) is 0 Å². The Morgan fingerprint density at radius 2 is 2.00 bits per heavy atom. The number of benzene rings is 1. The maximum Gasteiger partial charge on any atom is 0.177 e. The number of thiophene rings is 1. The number of hydrogen-bond donors (Lipinski definition) is 0. The molecule has 3 heteroatoms. The number of aryl methyl sites for hydroxylation is 2. The van der Waals surface area contributed by atoms with Crippen molar-refractivity contribution in [2.75, 3.05) is 0 Å². The quantitative estimate of drug-likeness (QED) is 0.749. The van der Waals surface area contributed by atoms with Crippen molar-refractivity contribution >= 4 is 28.7 Å². The molecule has 0 radical (unpaired) electrons. The fraction of sp³-hybridized carbons (Fsp3) is 0.214. The Bertz CT molecular complexity index is 557. The molecular formula is C14H13ClOS. The van der Waals surface area contributed by atoms with Gasteiger partial charge in [-0.1, -0.05) is 29.8 Å². The van der Waals surface area contributed by atoms with Crippen molar-refractivity contribution in [2.45, 2.75) is 20.3 Å².